The molecule has 0 unspecified atom stereocenters. The molecule has 1 aliphatic heterocycles. The van der Waals surface area contributed by atoms with Crippen molar-refractivity contribution in [2.45, 2.75) is 32.7 Å². The summed E-state index contributed by atoms with van der Waals surface area (Å²) in [6.07, 6.45) is 5.81. The van der Waals surface area contributed by atoms with Crippen molar-refractivity contribution in [1.29, 1.82) is 0 Å². The summed E-state index contributed by atoms with van der Waals surface area (Å²) in [5.74, 6) is 2.00. The summed E-state index contributed by atoms with van der Waals surface area (Å²) in [5, 5.41) is 3.40. The van der Waals surface area contributed by atoms with E-state index in [1.54, 1.807) is 0 Å². The standard InChI is InChI=1S/C11H18BrN3/c1-9-14-8-11(12)15(9)7-4-10-2-5-13-6-3-10/h8,10,13H,2-7H2,1H3. The maximum Gasteiger partial charge on any atom is 0.106 e. The predicted molar refractivity (Wildman–Crippen MR) is 64.9 cm³/mol. The summed E-state index contributed by atoms with van der Waals surface area (Å²) >= 11 is 3.53. The van der Waals surface area contributed by atoms with Crippen LogP contribution in [0.1, 0.15) is 25.1 Å². The van der Waals surface area contributed by atoms with Gasteiger partial charge >= 0.3 is 0 Å². The fourth-order valence-electron chi connectivity index (χ4n) is 2.19. The van der Waals surface area contributed by atoms with Crippen LogP contribution in [0.4, 0.5) is 0 Å². The zero-order valence-corrected chi connectivity index (χ0v) is 10.8. The summed E-state index contributed by atoms with van der Waals surface area (Å²) in [4.78, 5) is 4.28. The Morgan fingerprint density at radius 1 is 1.53 bits per heavy atom. The minimum absolute atomic E-state index is 0.889. The van der Waals surface area contributed by atoms with E-state index in [0.717, 1.165) is 22.9 Å². The monoisotopic (exact) mass is 271 g/mol. The van der Waals surface area contributed by atoms with Crippen molar-refractivity contribution in [2.75, 3.05) is 13.1 Å². The van der Waals surface area contributed by atoms with E-state index in [4.69, 9.17) is 0 Å². The highest BCUT2D eigenvalue weighted by atomic mass is 79.9. The van der Waals surface area contributed by atoms with Gasteiger partial charge in [0.2, 0.25) is 0 Å². The van der Waals surface area contributed by atoms with Crippen LogP contribution in [0, 0.1) is 12.8 Å². The molecule has 0 aliphatic carbocycles. The number of nitrogens with one attached hydrogen (secondary N) is 1. The van der Waals surface area contributed by atoms with E-state index in [-0.39, 0.29) is 0 Å². The Kier molecular flexibility index (Phi) is 3.81. The van der Waals surface area contributed by atoms with Crippen LogP contribution in [0.15, 0.2) is 10.8 Å². The molecular weight excluding hydrogens is 254 g/mol. The minimum atomic E-state index is 0.889. The van der Waals surface area contributed by atoms with Crippen LogP contribution in [0.3, 0.4) is 0 Å². The number of rotatable bonds is 3. The number of hydrogen-bond donors (Lipinski definition) is 1. The molecule has 84 valence electrons. The molecule has 1 aliphatic rings. The fourth-order valence-corrected chi connectivity index (χ4v) is 2.73. The molecular formula is C11H18BrN3. The molecule has 4 heteroatoms. The molecule has 1 saturated heterocycles. The van der Waals surface area contributed by atoms with E-state index in [1.807, 2.05) is 6.20 Å². The van der Waals surface area contributed by atoms with Crippen LogP contribution in [-0.4, -0.2) is 22.6 Å². The number of imidazole rings is 1. The zero-order valence-electron chi connectivity index (χ0n) is 9.17. The zero-order chi connectivity index (χ0) is 10.7. The molecule has 0 saturated carbocycles. The van der Waals surface area contributed by atoms with E-state index >= 15 is 0 Å². The smallest absolute Gasteiger partial charge is 0.106 e. The molecule has 0 spiro atoms. The summed E-state index contributed by atoms with van der Waals surface area (Å²) in [6.45, 7) is 5.54. The van der Waals surface area contributed by atoms with Crippen molar-refractivity contribution in [2.24, 2.45) is 5.92 Å². The van der Waals surface area contributed by atoms with Gasteiger partial charge in [0.05, 0.1) is 6.20 Å². The van der Waals surface area contributed by atoms with Gasteiger partial charge < -0.3 is 9.88 Å². The maximum absolute atomic E-state index is 4.28. The lowest BCUT2D eigenvalue weighted by atomic mass is 9.95. The third-order valence-electron chi connectivity index (χ3n) is 3.23. The second kappa shape index (κ2) is 5.12. The molecule has 1 fully saturated rings. The lowest BCUT2D eigenvalue weighted by Gasteiger charge is -2.22. The fraction of sp³-hybridized carbons (Fsp3) is 0.727. The van der Waals surface area contributed by atoms with Crippen molar-refractivity contribution in [1.82, 2.24) is 14.9 Å². The van der Waals surface area contributed by atoms with Crippen LogP contribution in [0.2, 0.25) is 0 Å². The van der Waals surface area contributed by atoms with E-state index in [0.29, 0.717) is 0 Å². The average Bonchev–Trinajstić information content (AvgIpc) is 2.58. The van der Waals surface area contributed by atoms with Gasteiger partial charge in [-0.05, 0) is 61.1 Å². The van der Waals surface area contributed by atoms with Crippen LogP contribution < -0.4 is 5.32 Å². The van der Waals surface area contributed by atoms with Crippen molar-refractivity contribution < 1.29 is 0 Å². The molecule has 1 N–H and O–H groups in total. The van der Waals surface area contributed by atoms with Gasteiger partial charge in [0.25, 0.3) is 0 Å². The molecule has 0 radical (unpaired) electrons. The molecule has 2 heterocycles. The lowest BCUT2D eigenvalue weighted by molar-refractivity contribution is 0.336. The normalized spacial score (nSPS) is 18.3. The molecule has 3 nitrogen and oxygen atoms in total. The van der Waals surface area contributed by atoms with Gasteiger partial charge in [0.1, 0.15) is 10.4 Å². The number of aryl methyl sites for hydroxylation is 1. The van der Waals surface area contributed by atoms with Crippen LogP contribution >= 0.6 is 15.9 Å². The van der Waals surface area contributed by atoms with Gasteiger partial charge in [-0.2, -0.15) is 0 Å². The first-order valence-electron chi connectivity index (χ1n) is 5.65. The van der Waals surface area contributed by atoms with Crippen molar-refractivity contribution in [3.8, 4) is 0 Å². The first kappa shape index (κ1) is 11.1. The molecule has 15 heavy (non-hydrogen) atoms. The van der Waals surface area contributed by atoms with Gasteiger partial charge in [-0.15, -0.1) is 0 Å². The topological polar surface area (TPSA) is 29.9 Å². The largest absolute Gasteiger partial charge is 0.323 e. The van der Waals surface area contributed by atoms with Gasteiger partial charge in [-0.1, -0.05) is 0 Å². The SMILES string of the molecule is Cc1ncc(Br)n1CCC1CCNCC1. The number of hydrogen-bond acceptors (Lipinski definition) is 2. The Morgan fingerprint density at radius 3 is 2.87 bits per heavy atom. The first-order chi connectivity index (χ1) is 7.27. The van der Waals surface area contributed by atoms with Crippen molar-refractivity contribution in [3.63, 3.8) is 0 Å². The molecule has 0 amide bonds. The highest BCUT2D eigenvalue weighted by Crippen LogP contribution is 2.19. The molecule has 2 rings (SSSR count). The highest BCUT2D eigenvalue weighted by molar-refractivity contribution is 9.10. The first-order valence-corrected chi connectivity index (χ1v) is 6.45. The summed E-state index contributed by atoms with van der Waals surface area (Å²) in [7, 11) is 0. The Labute approximate surface area is 99.4 Å². The number of halogens is 1. The number of nitrogens with zero attached hydrogens (tertiary/aromatic N) is 2. The lowest BCUT2D eigenvalue weighted by Crippen LogP contribution is -2.28. The van der Waals surface area contributed by atoms with Crippen LogP contribution in [0.25, 0.3) is 0 Å². The maximum atomic E-state index is 4.28. The second-order valence-electron chi connectivity index (χ2n) is 4.26. The summed E-state index contributed by atoms with van der Waals surface area (Å²) in [5.41, 5.74) is 0. The Morgan fingerprint density at radius 2 is 2.27 bits per heavy atom. The van der Waals surface area contributed by atoms with Crippen LogP contribution in [-0.2, 0) is 6.54 Å². The predicted octanol–water partition coefficient (Wildman–Crippen LogP) is 2.34. The van der Waals surface area contributed by atoms with Gasteiger partial charge in [0, 0.05) is 6.54 Å². The van der Waals surface area contributed by atoms with Gasteiger partial charge in [-0.25, -0.2) is 4.98 Å². The Hall–Kier alpha value is -0.350. The van der Waals surface area contributed by atoms with Crippen molar-refractivity contribution >= 4 is 15.9 Å². The number of aromatic nitrogens is 2. The molecule has 1 aromatic heterocycles. The third-order valence-corrected chi connectivity index (χ3v) is 3.86. The Bertz CT molecular complexity index is 296. The minimum Gasteiger partial charge on any atom is -0.323 e. The molecule has 0 bridgehead atoms. The second-order valence-corrected chi connectivity index (χ2v) is 5.07. The van der Waals surface area contributed by atoms with Crippen LogP contribution in [0.5, 0.6) is 0 Å². The molecule has 0 atom stereocenters. The third kappa shape index (κ3) is 2.82. The van der Waals surface area contributed by atoms with Crippen molar-refractivity contribution in [3.05, 3.63) is 16.6 Å². The molecule has 1 aromatic rings. The highest BCUT2D eigenvalue weighted by Gasteiger charge is 2.13. The van der Waals surface area contributed by atoms with E-state index in [1.165, 1.54) is 32.4 Å². The quantitative estimate of drug-likeness (QED) is 0.915. The van der Waals surface area contributed by atoms with Gasteiger partial charge in [-0.3, -0.25) is 0 Å². The van der Waals surface area contributed by atoms with E-state index in [9.17, 15) is 0 Å². The van der Waals surface area contributed by atoms with E-state index in [2.05, 4.69) is 37.7 Å². The molecule has 0 aromatic carbocycles. The van der Waals surface area contributed by atoms with Gasteiger partial charge in [0.15, 0.2) is 0 Å². The average molecular weight is 272 g/mol. The van der Waals surface area contributed by atoms with E-state index < -0.39 is 0 Å². The Balaban J connectivity index is 1.87. The summed E-state index contributed by atoms with van der Waals surface area (Å²) < 4.78 is 3.36. The summed E-state index contributed by atoms with van der Waals surface area (Å²) in [6, 6.07) is 0. The number of piperidine rings is 1.